The zero-order chi connectivity index (χ0) is 93.0. The van der Waals surface area contributed by atoms with E-state index in [-0.39, 0.29) is 0 Å². The van der Waals surface area contributed by atoms with E-state index in [1.807, 2.05) is 6.07 Å². The van der Waals surface area contributed by atoms with Crippen molar-refractivity contribution in [1.82, 2.24) is 0 Å². The molecule has 0 unspecified atom stereocenters. The van der Waals surface area contributed by atoms with E-state index in [1.165, 1.54) is 234 Å². The van der Waals surface area contributed by atoms with Gasteiger partial charge < -0.3 is 22.1 Å². The summed E-state index contributed by atoms with van der Waals surface area (Å²) in [4.78, 5) is 0. The van der Waals surface area contributed by atoms with Crippen molar-refractivity contribution < 1.29 is 44.9 Å². The van der Waals surface area contributed by atoms with Crippen LogP contribution in [-0.2, 0) is 41.7 Å². The molecule has 0 bridgehead atoms. The summed E-state index contributed by atoms with van der Waals surface area (Å²) in [5, 5.41) is 24.4. The summed E-state index contributed by atoms with van der Waals surface area (Å²) in [6.45, 7) is 19.6. The standard InChI is InChI=1S/C28H26NO.C26H24NO.C25H22NO.C24H20NO.C23H18NO/c1-18-11-13-23-27-22-10-6-5-9-20(22)12-14-25(27)30-28(23)26(18)24-17-21(15-16-29(24)2)19-7-3-4-8-19;1-16(2)19-13-14-27(4)22(15-19)24-17(3)9-11-21-25-20-8-6-5-7-18(20)10-12-23(25)28-26(21)24;1-4-17-13-14-26(3)21(15-17)23-16(2)9-11-20-24-19-8-6-5-7-18(19)10-12-22(24)27-25(20)23;1-15-12-13-25(3)20(14-15)22-16(2)8-10-19-23-18-7-5-4-6-17(18)9-11-21(23)26-24(19)22;1-15-10-12-18-22-17-8-4-3-7-16(17)11-13-20(22)25-23(18)21(15)19-9-5-6-14-24(19)2/h5-6,9-17,19H,3-4,7-8H2,1-2H3;5-16H,1-4H3;5-15H,4H2,1-3H3;4-14H,1-3H3;3-14H,1-2H3/q5*+1. The molecule has 10 heteroatoms. The Morgan fingerprint density at radius 2 is 0.559 bits per heavy atom. The monoisotopic (exact) mass is 1770 g/mol. The van der Waals surface area contributed by atoms with Crippen LogP contribution in [0, 0.1) is 41.5 Å². The molecule has 664 valence electrons. The van der Waals surface area contributed by atoms with Gasteiger partial charge in [0.15, 0.2) is 31.0 Å². The van der Waals surface area contributed by atoms with E-state index < -0.39 is 0 Å². The Balaban J connectivity index is 0.0000000986. The number of aromatic nitrogens is 5. The highest BCUT2D eigenvalue weighted by Gasteiger charge is 2.30. The molecule has 0 saturated heterocycles. The van der Waals surface area contributed by atoms with Gasteiger partial charge in [0.25, 0.3) is 0 Å². The van der Waals surface area contributed by atoms with Gasteiger partial charge in [-0.15, -0.1) is 0 Å². The largest absolute Gasteiger partial charge is 0.455 e. The van der Waals surface area contributed by atoms with Gasteiger partial charge in [-0.05, 0) is 213 Å². The van der Waals surface area contributed by atoms with Crippen LogP contribution in [-0.4, -0.2) is 0 Å². The molecule has 0 spiro atoms. The van der Waals surface area contributed by atoms with E-state index in [0.29, 0.717) is 11.8 Å². The predicted molar refractivity (Wildman–Crippen MR) is 562 cm³/mol. The number of aryl methyl sites for hydroxylation is 12. The fourth-order valence-electron chi connectivity index (χ4n) is 21.5. The molecule has 25 aromatic rings. The molecule has 1 aliphatic rings. The number of rotatable bonds is 8. The third-order valence-electron chi connectivity index (χ3n) is 28.8. The molecule has 26 rings (SSSR count). The second-order valence-electron chi connectivity index (χ2n) is 37.8. The molecule has 136 heavy (non-hydrogen) atoms. The highest BCUT2D eigenvalue weighted by molar-refractivity contribution is 6.26. The van der Waals surface area contributed by atoms with Gasteiger partial charge in [-0.25, -0.2) is 22.8 Å². The van der Waals surface area contributed by atoms with Gasteiger partial charge in [0.1, 0.15) is 91.1 Å². The predicted octanol–water partition coefficient (Wildman–Crippen LogP) is 31.3. The van der Waals surface area contributed by atoms with Crippen LogP contribution in [0.25, 0.3) is 220 Å². The molecular weight excluding hydrogens is 1660 g/mol. The van der Waals surface area contributed by atoms with Crippen molar-refractivity contribution in [2.45, 2.75) is 106 Å². The topological polar surface area (TPSA) is 85.1 Å². The summed E-state index contributed by atoms with van der Waals surface area (Å²) in [7, 11) is 10.5. The Morgan fingerprint density at radius 1 is 0.265 bits per heavy atom. The summed E-state index contributed by atoms with van der Waals surface area (Å²) >= 11 is 0. The Morgan fingerprint density at radius 3 is 0.904 bits per heavy atom. The van der Waals surface area contributed by atoms with Crippen LogP contribution in [0.3, 0.4) is 0 Å². The van der Waals surface area contributed by atoms with E-state index in [4.69, 9.17) is 22.1 Å². The van der Waals surface area contributed by atoms with Crippen LogP contribution in [0.15, 0.2) is 362 Å². The normalized spacial score (nSPS) is 12.4. The van der Waals surface area contributed by atoms with Crippen LogP contribution >= 0.6 is 0 Å². The first-order valence-corrected chi connectivity index (χ1v) is 47.9. The first kappa shape index (κ1) is 85.8. The fraction of sp³-hybridized carbons (Fsp3) is 0.167. The second kappa shape index (κ2) is 35.1. The number of hydrogen-bond acceptors (Lipinski definition) is 5. The Labute approximate surface area is 791 Å². The smallest absolute Gasteiger partial charge is 0.216 e. The summed E-state index contributed by atoms with van der Waals surface area (Å²) in [5.41, 5.74) is 33.1. The first-order chi connectivity index (χ1) is 66.3. The zero-order valence-corrected chi connectivity index (χ0v) is 79.8. The highest BCUT2D eigenvalue weighted by atomic mass is 16.3. The lowest BCUT2D eigenvalue weighted by atomic mass is 9.94. The summed E-state index contributed by atoms with van der Waals surface area (Å²) in [6, 6.07) is 110. The second-order valence-corrected chi connectivity index (χ2v) is 37.8. The van der Waals surface area contributed by atoms with E-state index >= 15 is 0 Å². The number of hydrogen-bond donors (Lipinski definition) is 0. The molecule has 0 amide bonds. The maximum absolute atomic E-state index is 6.53. The molecule has 1 fully saturated rings. The molecular formula is C126H110N5O5+5. The van der Waals surface area contributed by atoms with E-state index in [2.05, 4.69) is 455 Å². The van der Waals surface area contributed by atoms with Gasteiger partial charge in [0, 0.05) is 115 Å². The van der Waals surface area contributed by atoms with Crippen molar-refractivity contribution in [3.63, 3.8) is 0 Å². The third kappa shape index (κ3) is 15.0. The average molecular weight is 1770 g/mol. The van der Waals surface area contributed by atoms with Crippen LogP contribution in [0.2, 0.25) is 0 Å². The maximum atomic E-state index is 6.53. The van der Waals surface area contributed by atoms with Crippen LogP contribution in [0.5, 0.6) is 0 Å². The summed E-state index contributed by atoms with van der Waals surface area (Å²) < 4.78 is 43.2. The number of benzene rings is 15. The van der Waals surface area contributed by atoms with Crippen molar-refractivity contribution in [3.8, 4) is 56.3 Å². The Kier molecular flexibility index (Phi) is 22.1. The van der Waals surface area contributed by atoms with E-state index in [9.17, 15) is 0 Å². The summed E-state index contributed by atoms with van der Waals surface area (Å²) in [6.07, 6.45) is 17.1. The molecule has 0 aliphatic heterocycles. The number of furan rings is 5. The molecule has 10 nitrogen and oxygen atoms in total. The van der Waals surface area contributed by atoms with Crippen molar-refractivity contribution in [3.05, 3.63) is 390 Å². The molecule has 0 radical (unpaired) electrons. The lowest BCUT2D eigenvalue weighted by Gasteiger charge is -2.11. The lowest BCUT2D eigenvalue weighted by Crippen LogP contribution is -2.31. The van der Waals surface area contributed by atoms with Crippen molar-refractivity contribution in [2.75, 3.05) is 0 Å². The SMILES string of the molecule is CCc1cc[n+](C)c(-c2c(C)ccc3c2oc2ccc4ccccc4c23)c1.Cc1cc[n+](C)c(-c2c(C)ccc3c2oc2ccc4ccccc4c23)c1.Cc1ccc2c(oc3ccc4ccccc4c32)c1-c1cc(C(C)C)cc[n+]1C.Cc1ccc2c(oc3ccc4ccccc4c32)c1-c1cc(C2CCCC2)cc[n+]1C.Cc1ccc2c(oc3ccc4ccccc4c32)c1-c1cccc[n+]1C. The quantitative estimate of drug-likeness (QED) is 0.142. The molecule has 1 saturated carbocycles. The minimum absolute atomic E-state index is 0.485. The number of fused-ring (bicyclic) bond motifs is 25. The van der Waals surface area contributed by atoms with Crippen LogP contribution in [0.4, 0.5) is 0 Å². The van der Waals surface area contributed by atoms with Gasteiger partial charge in [-0.1, -0.05) is 246 Å². The van der Waals surface area contributed by atoms with Gasteiger partial charge in [0.05, 0.1) is 27.8 Å². The van der Waals surface area contributed by atoms with Crippen molar-refractivity contribution in [2.24, 2.45) is 35.2 Å². The minimum atomic E-state index is 0.485. The molecule has 15 aromatic carbocycles. The molecule has 10 aromatic heterocycles. The van der Waals surface area contributed by atoms with Crippen molar-refractivity contribution >= 4 is 164 Å². The van der Waals surface area contributed by atoms with E-state index in [0.717, 1.165) is 67.9 Å². The molecule has 1 aliphatic carbocycles. The number of nitrogens with zero attached hydrogens (tertiary/aromatic N) is 5. The molecule has 0 N–H and O–H groups in total. The van der Waals surface area contributed by atoms with Crippen LogP contribution < -0.4 is 22.8 Å². The average Bonchev–Trinajstić information content (AvgIpc) is 1.60. The molecule has 10 heterocycles. The van der Waals surface area contributed by atoms with Gasteiger partial charge in [-0.3, -0.25) is 0 Å². The Hall–Kier alpha value is -15.7. The maximum Gasteiger partial charge on any atom is 0.216 e. The summed E-state index contributed by atoms with van der Waals surface area (Å²) in [5.74, 6) is 1.18. The molecule has 0 atom stereocenters. The van der Waals surface area contributed by atoms with Crippen molar-refractivity contribution in [1.29, 1.82) is 0 Å². The number of pyridine rings is 5. The van der Waals surface area contributed by atoms with E-state index in [1.54, 1.807) is 0 Å². The van der Waals surface area contributed by atoms with Gasteiger partial charge in [0.2, 0.25) is 28.5 Å². The van der Waals surface area contributed by atoms with Gasteiger partial charge >= 0.3 is 0 Å². The minimum Gasteiger partial charge on any atom is -0.455 e. The lowest BCUT2D eigenvalue weighted by molar-refractivity contribution is -0.660. The van der Waals surface area contributed by atoms with Crippen LogP contribution in [0.1, 0.15) is 108 Å². The third-order valence-corrected chi connectivity index (χ3v) is 28.8. The zero-order valence-electron chi connectivity index (χ0n) is 79.8. The highest BCUT2D eigenvalue weighted by Crippen LogP contribution is 2.48. The Bertz CT molecular complexity index is 9120. The fourth-order valence-corrected chi connectivity index (χ4v) is 21.5. The first-order valence-electron chi connectivity index (χ1n) is 47.9. The van der Waals surface area contributed by atoms with Gasteiger partial charge in [-0.2, -0.15) is 0 Å².